The van der Waals surface area contributed by atoms with Crippen LogP contribution in [0.2, 0.25) is 5.02 Å². The number of aliphatic imine (C=N–C) groups is 1. The van der Waals surface area contributed by atoms with Gasteiger partial charge in [0.2, 0.25) is 5.91 Å². The van der Waals surface area contributed by atoms with E-state index in [0.717, 1.165) is 47.9 Å². The number of amides is 1. The molecule has 0 bridgehead atoms. The van der Waals surface area contributed by atoms with Gasteiger partial charge in [-0.1, -0.05) is 65.8 Å². The fourth-order valence-electron chi connectivity index (χ4n) is 4.71. The lowest BCUT2D eigenvalue weighted by Crippen LogP contribution is -2.38. The predicted molar refractivity (Wildman–Crippen MR) is 140 cm³/mol. The van der Waals surface area contributed by atoms with E-state index in [-0.39, 0.29) is 18.9 Å². The second kappa shape index (κ2) is 10.3. The van der Waals surface area contributed by atoms with Crippen molar-refractivity contribution < 1.29 is 14.3 Å². The topological polar surface area (TPSA) is 62.2 Å². The molecule has 35 heavy (non-hydrogen) atoms. The van der Waals surface area contributed by atoms with Crippen LogP contribution in [-0.4, -0.2) is 46.5 Å². The Morgan fingerprint density at radius 2 is 1.89 bits per heavy atom. The molecule has 0 aromatic heterocycles. The highest BCUT2D eigenvalue weighted by atomic mass is 35.5. The van der Waals surface area contributed by atoms with Crippen molar-refractivity contribution in [1.82, 2.24) is 9.80 Å². The van der Waals surface area contributed by atoms with Crippen molar-refractivity contribution in [3.63, 3.8) is 0 Å². The highest BCUT2D eigenvalue weighted by Crippen LogP contribution is 2.47. The summed E-state index contributed by atoms with van der Waals surface area (Å²) in [4.78, 5) is 35.4. The Bertz CT molecular complexity index is 1240. The summed E-state index contributed by atoms with van der Waals surface area (Å²) in [5, 5.41) is 3.27. The van der Waals surface area contributed by atoms with Crippen LogP contribution >= 0.6 is 23.4 Å². The molecule has 0 radical (unpaired) electrons. The fraction of sp³-hybridized carbons (Fsp3) is 0.296. The minimum absolute atomic E-state index is 0.0935. The van der Waals surface area contributed by atoms with Crippen molar-refractivity contribution in [2.45, 2.75) is 32.2 Å². The van der Waals surface area contributed by atoms with E-state index in [1.165, 1.54) is 11.8 Å². The van der Waals surface area contributed by atoms with Gasteiger partial charge in [0.15, 0.2) is 5.17 Å². The maximum Gasteiger partial charge on any atom is 0.338 e. The number of hydrogen-bond donors (Lipinski definition) is 0. The number of esters is 1. The number of amidine groups is 1. The van der Waals surface area contributed by atoms with E-state index in [2.05, 4.69) is 0 Å². The van der Waals surface area contributed by atoms with Gasteiger partial charge < -0.3 is 14.5 Å². The molecule has 1 fully saturated rings. The number of ether oxygens (including phenoxy) is 1. The molecule has 6 nitrogen and oxygen atoms in total. The van der Waals surface area contributed by atoms with E-state index < -0.39 is 12.0 Å². The molecule has 2 aromatic carbocycles. The van der Waals surface area contributed by atoms with Crippen LogP contribution < -0.4 is 0 Å². The maximum atomic E-state index is 13.5. The zero-order valence-electron chi connectivity index (χ0n) is 19.4. The first-order chi connectivity index (χ1) is 17.1. The van der Waals surface area contributed by atoms with Gasteiger partial charge in [-0.05, 0) is 42.9 Å². The first kappa shape index (κ1) is 23.7. The van der Waals surface area contributed by atoms with Gasteiger partial charge in [0.05, 0.1) is 30.3 Å². The quantitative estimate of drug-likeness (QED) is 0.474. The van der Waals surface area contributed by atoms with Gasteiger partial charge in [-0.25, -0.2) is 9.79 Å². The van der Waals surface area contributed by atoms with Crippen LogP contribution in [0.25, 0.3) is 5.70 Å². The van der Waals surface area contributed by atoms with Crippen molar-refractivity contribution in [1.29, 1.82) is 0 Å². The first-order valence-corrected chi connectivity index (χ1v) is 13.1. The standard InChI is InChI=1S/C27H26ClN3O3S/c1-2-34-26(33)23-24(18-9-4-3-5-10-18)29-27-31(25(23)19-11-8-12-20(28)15-19)21(17-35-27)16-22(32)30-13-6-7-14-30/h3-5,8-12,15,17,25H,2,6-7,13-14,16H2,1H3/t25-/m0/s1. The molecule has 0 saturated carbocycles. The van der Waals surface area contributed by atoms with Gasteiger partial charge in [0.25, 0.3) is 0 Å². The molecule has 180 valence electrons. The molecule has 1 amide bonds. The molecule has 0 unspecified atom stereocenters. The Hall–Kier alpha value is -3.03. The third-order valence-electron chi connectivity index (χ3n) is 6.31. The maximum absolute atomic E-state index is 13.5. The van der Waals surface area contributed by atoms with Crippen LogP contribution in [0.1, 0.15) is 43.4 Å². The largest absolute Gasteiger partial charge is 0.463 e. The van der Waals surface area contributed by atoms with Gasteiger partial charge in [0, 0.05) is 29.4 Å². The van der Waals surface area contributed by atoms with Crippen molar-refractivity contribution in [2.75, 3.05) is 19.7 Å². The summed E-state index contributed by atoms with van der Waals surface area (Å²) in [5.41, 5.74) is 3.50. The molecule has 0 N–H and O–H groups in total. The molecular formula is C27H26ClN3O3S. The predicted octanol–water partition coefficient (Wildman–Crippen LogP) is 5.63. The lowest BCUT2D eigenvalue weighted by atomic mass is 9.91. The fourth-order valence-corrected chi connectivity index (χ4v) is 5.83. The molecule has 0 aliphatic carbocycles. The number of fused-ring (bicyclic) bond motifs is 1. The Morgan fingerprint density at radius 3 is 2.60 bits per heavy atom. The van der Waals surface area contributed by atoms with Crippen LogP contribution in [0, 0.1) is 0 Å². The first-order valence-electron chi connectivity index (χ1n) is 11.8. The average Bonchev–Trinajstić information content (AvgIpc) is 3.54. The molecule has 1 atom stereocenters. The summed E-state index contributed by atoms with van der Waals surface area (Å²) in [5.74, 6) is -0.336. The number of likely N-dealkylation sites (tertiary alicyclic amines) is 1. The van der Waals surface area contributed by atoms with Crippen LogP contribution in [0.4, 0.5) is 0 Å². The zero-order chi connectivity index (χ0) is 24.4. The SMILES string of the molecule is CCOC(=O)C1=C(c2ccccc2)N=C2SC=C(CC(=O)N3CCCC3)N2[C@H]1c1cccc(Cl)c1. The summed E-state index contributed by atoms with van der Waals surface area (Å²) in [6.07, 6.45) is 2.33. The number of thioether (sulfide) groups is 1. The lowest BCUT2D eigenvalue weighted by molar-refractivity contribution is -0.139. The second-order valence-corrected chi connectivity index (χ2v) is 9.84. The minimum Gasteiger partial charge on any atom is -0.463 e. The van der Waals surface area contributed by atoms with Gasteiger partial charge in [-0.15, -0.1) is 0 Å². The Labute approximate surface area is 214 Å². The smallest absolute Gasteiger partial charge is 0.338 e. The number of carbonyl (C=O) groups excluding carboxylic acids is 2. The van der Waals surface area contributed by atoms with Gasteiger partial charge in [0.1, 0.15) is 0 Å². The summed E-state index contributed by atoms with van der Waals surface area (Å²) >= 11 is 7.86. The zero-order valence-corrected chi connectivity index (χ0v) is 21.0. The van der Waals surface area contributed by atoms with E-state index in [4.69, 9.17) is 21.3 Å². The summed E-state index contributed by atoms with van der Waals surface area (Å²) < 4.78 is 5.53. The highest BCUT2D eigenvalue weighted by molar-refractivity contribution is 8.16. The summed E-state index contributed by atoms with van der Waals surface area (Å²) in [6.45, 7) is 3.63. The average molecular weight is 508 g/mol. The molecule has 8 heteroatoms. The Balaban J connectivity index is 1.63. The number of rotatable bonds is 6. The van der Waals surface area contributed by atoms with Crippen LogP contribution in [0.15, 0.2) is 76.3 Å². The molecule has 3 aliphatic rings. The third-order valence-corrected chi connectivity index (χ3v) is 7.43. The Morgan fingerprint density at radius 1 is 1.11 bits per heavy atom. The molecule has 3 aliphatic heterocycles. The number of nitrogens with zero attached hydrogens (tertiary/aromatic N) is 3. The monoisotopic (exact) mass is 507 g/mol. The van der Waals surface area contributed by atoms with Crippen LogP contribution in [0.3, 0.4) is 0 Å². The minimum atomic E-state index is -0.525. The number of hydrogen-bond acceptors (Lipinski definition) is 6. The number of benzene rings is 2. The van der Waals surface area contributed by atoms with E-state index in [1.54, 1.807) is 13.0 Å². The van der Waals surface area contributed by atoms with Gasteiger partial charge in [-0.2, -0.15) is 0 Å². The number of halogens is 1. The number of carbonyl (C=O) groups is 2. The van der Waals surface area contributed by atoms with Crippen LogP contribution in [0.5, 0.6) is 0 Å². The molecule has 3 heterocycles. The summed E-state index contributed by atoms with van der Waals surface area (Å²) in [7, 11) is 0. The molecular weight excluding hydrogens is 482 g/mol. The molecule has 5 rings (SSSR count). The normalized spacial score (nSPS) is 19.4. The highest BCUT2D eigenvalue weighted by Gasteiger charge is 2.42. The van der Waals surface area contributed by atoms with E-state index in [1.807, 2.05) is 63.7 Å². The molecule has 2 aromatic rings. The summed E-state index contributed by atoms with van der Waals surface area (Å²) in [6, 6.07) is 16.6. The van der Waals surface area contributed by atoms with Crippen molar-refractivity contribution >= 4 is 46.1 Å². The van der Waals surface area contributed by atoms with Gasteiger partial charge in [-0.3, -0.25) is 4.79 Å². The van der Waals surface area contributed by atoms with E-state index in [9.17, 15) is 9.59 Å². The van der Waals surface area contributed by atoms with Crippen molar-refractivity contribution in [3.05, 3.63) is 87.4 Å². The molecule has 1 saturated heterocycles. The van der Waals surface area contributed by atoms with E-state index >= 15 is 0 Å². The van der Waals surface area contributed by atoms with E-state index in [0.29, 0.717) is 16.3 Å². The second-order valence-electron chi connectivity index (χ2n) is 8.56. The van der Waals surface area contributed by atoms with Gasteiger partial charge >= 0.3 is 5.97 Å². The lowest BCUT2D eigenvalue weighted by Gasteiger charge is -2.37. The third kappa shape index (κ3) is 4.75. The van der Waals surface area contributed by atoms with Crippen molar-refractivity contribution in [3.8, 4) is 0 Å². The molecule has 0 spiro atoms. The van der Waals surface area contributed by atoms with Crippen LogP contribution in [-0.2, 0) is 14.3 Å². The van der Waals surface area contributed by atoms with Crippen molar-refractivity contribution in [2.24, 2.45) is 4.99 Å². The Kier molecular flexibility index (Phi) is 6.97.